The molecule has 0 aromatic heterocycles. The lowest BCUT2D eigenvalue weighted by Crippen LogP contribution is -2.54. The van der Waals surface area contributed by atoms with E-state index in [0.717, 1.165) is 5.69 Å². The third-order valence-corrected chi connectivity index (χ3v) is 5.52. The molecule has 11 heteroatoms. The minimum atomic E-state index is -0.512. The molecule has 1 aliphatic rings. The van der Waals surface area contributed by atoms with Crippen molar-refractivity contribution in [3.8, 4) is 5.75 Å². The van der Waals surface area contributed by atoms with Gasteiger partial charge in [0.2, 0.25) is 0 Å². The van der Waals surface area contributed by atoms with E-state index in [1.807, 2.05) is 11.8 Å². The molecule has 0 bridgehead atoms. The lowest BCUT2D eigenvalue weighted by atomic mass is 10.1. The Balaban J connectivity index is 1.84. The maximum atomic E-state index is 13.3. The molecular formula is C21H25N5O6. The highest BCUT2D eigenvalue weighted by atomic mass is 16.6. The lowest BCUT2D eigenvalue weighted by Gasteiger charge is -2.41. The van der Waals surface area contributed by atoms with Crippen LogP contribution in [-0.4, -0.2) is 67.5 Å². The van der Waals surface area contributed by atoms with Crippen molar-refractivity contribution >= 4 is 28.7 Å². The first-order chi connectivity index (χ1) is 15.1. The Kier molecular flexibility index (Phi) is 6.47. The molecule has 1 fully saturated rings. The van der Waals surface area contributed by atoms with Crippen LogP contribution in [0.25, 0.3) is 0 Å². The van der Waals surface area contributed by atoms with Crippen molar-refractivity contribution in [3.63, 3.8) is 0 Å². The highest BCUT2D eigenvalue weighted by Gasteiger charge is 2.32. The molecule has 1 aliphatic heterocycles. The summed E-state index contributed by atoms with van der Waals surface area (Å²) in [5.41, 5.74) is 1.17. The average molecular weight is 443 g/mol. The van der Waals surface area contributed by atoms with Crippen molar-refractivity contribution in [2.24, 2.45) is 0 Å². The van der Waals surface area contributed by atoms with Crippen LogP contribution in [0.5, 0.6) is 5.75 Å². The number of nitro groups is 2. The second kappa shape index (κ2) is 9.08. The van der Waals surface area contributed by atoms with Crippen molar-refractivity contribution in [1.82, 2.24) is 4.90 Å². The molecule has 1 heterocycles. The Bertz CT molecular complexity index is 1040. The largest absolute Gasteiger partial charge is 0.496 e. The number of benzene rings is 2. The number of ether oxygens (including phenoxy) is 1. The molecule has 1 amide bonds. The van der Waals surface area contributed by atoms with Gasteiger partial charge in [-0.05, 0) is 19.1 Å². The maximum absolute atomic E-state index is 13.3. The van der Waals surface area contributed by atoms with Crippen molar-refractivity contribution < 1.29 is 19.4 Å². The van der Waals surface area contributed by atoms with Crippen LogP contribution in [0, 0.1) is 20.2 Å². The summed E-state index contributed by atoms with van der Waals surface area (Å²) in [6, 6.07) is 8.86. The molecule has 3 rings (SSSR count). The fourth-order valence-corrected chi connectivity index (χ4v) is 3.83. The van der Waals surface area contributed by atoms with Crippen molar-refractivity contribution in [3.05, 3.63) is 62.2 Å². The molecule has 1 atom stereocenters. The zero-order valence-corrected chi connectivity index (χ0v) is 18.3. The number of carbonyl (C=O) groups excluding carboxylic acids is 1. The predicted octanol–water partition coefficient (Wildman–Crippen LogP) is 2.93. The van der Waals surface area contributed by atoms with E-state index in [-0.39, 0.29) is 34.6 Å². The van der Waals surface area contributed by atoms with E-state index in [4.69, 9.17) is 4.74 Å². The summed E-state index contributed by atoms with van der Waals surface area (Å²) in [6.07, 6.45) is 0. The first-order valence-corrected chi connectivity index (χ1v) is 9.98. The minimum absolute atomic E-state index is 0.0190. The van der Waals surface area contributed by atoms with Gasteiger partial charge in [-0.25, -0.2) is 0 Å². The number of carbonyl (C=O) groups is 1. The van der Waals surface area contributed by atoms with Gasteiger partial charge in [0.15, 0.2) is 0 Å². The average Bonchev–Trinajstić information content (AvgIpc) is 2.77. The maximum Gasteiger partial charge on any atom is 0.293 e. The van der Waals surface area contributed by atoms with Gasteiger partial charge in [0.25, 0.3) is 17.3 Å². The summed E-state index contributed by atoms with van der Waals surface area (Å²) in [5, 5.41) is 22.4. The number of anilines is 2. The Hall–Kier alpha value is -3.89. The fourth-order valence-electron chi connectivity index (χ4n) is 3.83. The van der Waals surface area contributed by atoms with Gasteiger partial charge in [-0.2, -0.15) is 0 Å². The third kappa shape index (κ3) is 4.41. The number of nitro benzene ring substituents is 2. The Labute approximate surface area is 185 Å². The SMILES string of the molecule is COc1cc(N(C)C)c([N+](=O)[O-])cc1C(=O)N1CCN(c2ccc([N+](=O)[O-])cc2)C[C@@H]1C. The molecule has 0 unspecified atom stereocenters. The molecule has 0 spiro atoms. The quantitative estimate of drug-likeness (QED) is 0.493. The molecule has 170 valence electrons. The summed E-state index contributed by atoms with van der Waals surface area (Å²) < 4.78 is 5.38. The molecule has 2 aromatic rings. The summed E-state index contributed by atoms with van der Waals surface area (Å²) in [5.74, 6) is -0.0691. The van der Waals surface area contributed by atoms with Crippen molar-refractivity contribution in [2.45, 2.75) is 13.0 Å². The van der Waals surface area contributed by atoms with Crippen molar-refractivity contribution in [2.75, 3.05) is 50.6 Å². The molecule has 32 heavy (non-hydrogen) atoms. The van der Waals surface area contributed by atoms with Gasteiger partial charge in [0.05, 0.1) is 22.5 Å². The number of amides is 1. The van der Waals surface area contributed by atoms with Gasteiger partial charge >= 0.3 is 0 Å². The Morgan fingerprint density at radius 2 is 1.75 bits per heavy atom. The summed E-state index contributed by atoms with van der Waals surface area (Å²) in [6.45, 7) is 3.33. The van der Waals surface area contributed by atoms with Crippen LogP contribution in [0.1, 0.15) is 17.3 Å². The standard InChI is InChI=1S/C21H25N5O6/c1-14-13-23(15-5-7-16(8-6-15)25(28)29)9-10-24(14)21(27)17-11-19(26(30)31)18(22(2)3)12-20(17)32-4/h5-8,11-12,14H,9-10,13H2,1-4H3/t14-/m0/s1. The smallest absolute Gasteiger partial charge is 0.293 e. The van der Waals surface area contributed by atoms with Gasteiger partial charge < -0.3 is 19.4 Å². The molecule has 0 saturated carbocycles. The number of nitrogens with zero attached hydrogens (tertiary/aromatic N) is 5. The fraction of sp³-hybridized carbons (Fsp3) is 0.381. The van der Waals surface area contributed by atoms with Gasteiger partial charge in [-0.1, -0.05) is 0 Å². The first-order valence-electron chi connectivity index (χ1n) is 9.98. The van der Waals surface area contributed by atoms with E-state index in [1.165, 1.54) is 31.4 Å². The second-order valence-electron chi connectivity index (χ2n) is 7.76. The van der Waals surface area contributed by atoms with E-state index in [1.54, 1.807) is 36.0 Å². The van der Waals surface area contributed by atoms with E-state index >= 15 is 0 Å². The van der Waals surface area contributed by atoms with Gasteiger partial charge in [0.1, 0.15) is 11.4 Å². The zero-order valence-electron chi connectivity index (χ0n) is 18.3. The van der Waals surface area contributed by atoms with Crippen LogP contribution in [0.3, 0.4) is 0 Å². The van der Waals surface area contributed by atoms with E-state index in [0.29, 0.717) is 25.3 Å². The van der Waals surface area contributed by atoms with E-state index in [9.17, 15) is 25.0 Å². The number of piperazine rings is 1. The Morgan fingerprint density at radius 1 is 1.09 bits per heavy atom. The zero-order chi connectivity index (χ0) is 23.6. The van der Waals surface area contributed by atoms with Crippen LogP contribution in [0.4, 0.5) is 22.7 Å². The monoisotopic (exact) mass is 443 g/mol. The predicted molar refractivity (Wildman–Crippen MR) is 120 cm³/mol. The van der Waals surface area contributed by atoms with E-state index < -0.39 is 9.85 Å². The highest BCUT2D eigenvalue weighted by Crippen LogP contribution is 2.35. The van der Waals surface area contributed by atoms with E-state index in [2.05, 4.69) is 0 Å². The van der Waals surface area contributed by atoms with Gasteiger partial charge in [0, 0.05) is 69.7 Å². The number of hydrogen-bond acceptors (Lipinski definition) is 8. The number of hydrogen-bond donors (Lipinski definition) is 0. The van der Waals surface area contributed by atoms with Crippen LogP contribution in [0.2, 0.25) is 0 Å². The van der Waals surface area contributed by atoms with Gasteiger partial charge in [-0.3, -0.25) is 25.0 Å². The molecule has 0 N–H and O–H groups in total. The molecule has 2 aromatic carbocycles. The van der Waals surface area contributed by atoms with Crippen LogP contribution < -0.4 is 14.5 Å². The normalized spacial score (nSPS) is 15.9. The van der Waals surface area contributed by atoms with Gasteiger partial charge in [-0.15, -0.1) is 0 Å². The molecule has 11 nitrogen and oxygen atoms in total. The molecular weight excluding hydrogens is 418 g/mol. The van der Waals surface area contributed by atoms with Crippen LogP contribution >= 0.6 is 0 Å². The van der Waals surface area contributed by atoms with Crippen molar-refractivity contribution in [1.29, 1.82) is 0 Å². The summed E-state index contributed by atoms with van der Waals surface area (Å²) >= 11 is 0. The minimum Gasteiger partial charge on any atom is -0.496 e. The lowest BCUT2D eigenvalue weighted by molar-refractivity contribution is -0.384. The summed E-state index contributed by atoms with van der Waals surface area (Å²) in [7, 11) is 4.79. The topological polar surface area (TPSA) is 122 Å². The molecule has 1 saturated heterocycles. The van der Waals surface area contributed by atoms with Crippen LogP contribution in [-0.2, 0) is 0 Å². The third-order valence-electron chi connectivity index (χ3n) is 5.52. The van der Waals surface area contributed by atoms with Crippen LogP contribution in [0.15, 0.2) is 36.4 Å². The molecule has 0 aliphatic carbocycles. The Morgan fingerprint density at radius 3 is 2.25 bits per heavy atom. The highest BCUT2D eigenvalue weighted by molar-refractivity contribution is 5.99. The second-order valence-corrected chi connectivity index (χ2v) is 7.76. The number of methoxy groups -OCH3 is 1. The first kappa shape index (κ1) is 22.8. The number of non-ortho nitro benzene ring substituents is 1. The number of rotatable bonds is 6. The molecule has 0 radical (unpaired) electrons. The summed E-state index contributed by atoms with van der Waals surface area (Å²) in [4.78, 5) is 40.1.